The molecule has 1 aliphatic carbocycles. The van der Waals surface area contributed by atoms with Gasteiger partial charge in [0.1, 0.15) is 17.0 Å². The first-order valence-electron chi connectivity index (χ1n) is 9.37. The standard InChI is InChI=1S/C21H21ClN4O3/c1-3-19(27)26-11-17(29-12-21(26)5-6-21)14-9-15(25-18(22)10-14)13-4-7-24-16(8-13)20(28)23-2/h3-4,7-10,17H,1,5-6,11-12H2,2H3,(H,23,28)/t17-/m1/s1. The molecule has 2 aromatic heterocycles. The highest BCUT2D eigenvalue weighted by molar-refractivity contribution is 6.29. The second-order valence-electron chi connectivity index (χ2n) is 7.29. The van der Waals surface area contributed by atoms with E-state index in [0.717, 1.165) is 24.0 Å². The Morgan fingerprint density at radius 1 is 1.38 bits per heavy atom. The number of hydrogen-bond acceptors (Lipinski definition) is 5. The van der Waals surface area contributed by atoms with Crippen LogP contribution in [-0.4, -0.2) is 52.4 Å². The number of pyridine rings is 2. The van der Waals surface area contributed by atoms with E-state index in [9.17, 15) is 9.59 Å². The molecule has 0 aromatic carbocycles. The van der Waals surface area contributed by atoms with E-state index in [0.29, 0.717) is 29.7 Å². The molecule has 7 nitrogen and oxygen atoms in total. The van der Waals surface area contributed by atoms with Gasteiger partial charge in [0.05, 0.1) is 24.4 Å². The van der Waals surface area contributed by atoms with Gasteiger partial charge in [0.2, 0.25) is 5.91 Å². The summed E-state index contributed by atoms with van der Waals surface area (Å²) < 4.78 is 6.10. The quantitative estimate of drug-likeness (QED) is 0.616. The van der Waals surface area contributed by atoms with Gasteiger partial charge in [-0.3, -0.25) is 14.6 Å². The highest BCUT2D eigenvalue weighted by Gasteiger charge is 2.53. The Hall–Kier alpha value is -2.77. The van der Waals surface area contributed by atoms with E-state index in [2.05, 4.69) is 21.9 Å². The Labute approximate surface area is 173 Å². The van der Waals surface area contributed by atoms with Crippen molar-refractivity contribution in [1.82, 2.24) is 20.2 Å². The zero-order chi connectivity index (χ0) is 20.6. The number of ether oxygens (including phenoxy) is 1. The number of morpholine rings is 1. The summed E-state index contributed by atoms with van der Waals surface area (Å²) in [4.78, 5) is 34.6. The van der Waals surface area contributed by atoms with E-state index in [1.165, 1.54) is 6.08 Å². The molecule has 2 amide bonds. The van der Waals surface area contributed by atoms with Crippen LogP contribution >= 0.6 is 11.6 Å². The lowest BCUT2D eigenvalue weighted by atomic mass is 10.0. The average Bonchev–Trinajstić information content (AvgIpc) is 3.52. The molecule has 2 aromatic rings. The first-order valence-corrected chi connectivity index (χ1v) is 9.75. The summed E-state index contributed by atoms with van der Waals surface area (Å²) in [6.45, 7) is 4.55. The smallest absolute Gasteiger partial charge is 0.269 e. The van der Waals surface area contributed by atoms with Gasteiger partial charge < -0.3 is 15.0 Å². The summed E-state index contributed by atoms with van der Waals surface area (Å²) in [6.07, 6.45) is 4.48. The molecule has 0 unspecified atom stereocenters. The van der Waals surface area contributed by atoms with Gasteiger partial charge in [0.25, 0.3) is 5.91 Å². The van der Waals surface area contributed by atoms with Crippen molar-refractivity contribution in [1.29, 1.82) is 0 Å². The van der Waals surface area contributed by atoms with Gasteiger partial charge in [0.15, 0.2) is 0 Å². The average molecular weight is 413 g/mol. The summed E-state index contributed by atoms with van der Waals surface area (Å²) in [5.74, 6) is -0.362. The first-order chi connectivity index (χ1) is 14.0. The van der Waals surface area contributed by atoms with Crippen LogP contribution < -0.4 is 5.32 Å². The van der Waals surface area contributed by atoms with Gasteiger partial charge in [-0.2, -0.15) is 0 Å². The van der Waals surface area contributed by atoms with Crippen LogP contribution in [0.15, 0.2) is 43.1 Å². The number of nitrogens with zero attached hydrogens (tertiary/aromatic N) is 3. The molecule has 150 valence electrons. The number of aromatic nitrogens is 2. The maximum Gasteiger partial charge on any atom is 0.269 e. The highest BCUT2D eigenvalue weighted by Crippen LogP contribution is 2.47. The monoisotopic (exact) mass is 412 g/mol. The number of carbonyl (C=O) groups excluding carboxylic acids is 2. The molecule has 8 heteroatoms. The fourth-order valence-electron chi connectivity index (χ4n) is 3.63. The molecule has 1 saturated carbocycles. The molecular weight excluding hydrogens is 392 g/mol. The fourth-order valence-corrected chi connectivity index (χ4v) is 3.85. The molecule has 0 bridgehead atoms. The van der Waals surface area contributed by atoms with Gasteiger partial charge in [-0.1, -0.05) is 18.2 Å². The van der Waals surface area contributed by atoms with Crippen molar-refractivity contribution in [2.75, 3.05) is 20.2 Å². The lowest BCUT2D eigenvalue weighted by molar-refractivity contribution is -0.142. The van der Waals surface area contributed by atoms with Gasteiger partial charge in [0, 0.05) is 18.8 Å². The Kier molecular flexibility index (Phi) is 5.10. The molecule has 1 atom stereocenters. The van der Waals surface area contributed by atoms with E-state index in [4.69, 9.17) is 16.3 Å². The predicted octanol–water partition coefficient (Wildman–Crippen LogP) is 2.78. The van der Waals surface area contributed by atoms with Crippen LogP contribution in [0.3, 0.4) is 0 Å². The zero-order valence-electron chi connectivity index (χ0n) is 16.0. The largest absolute Gasteiger partial charge is 0.369 e. The minimum Gasteiger partial charge on any atom is -0.369 e. The van der Waals surface area contributed by atoms with Crippen molar-refractivity contribution >= 4 is 23.4 Å². The molecule has 1 spiro atoms. The minimum absolute atomic E-state index is 0.0828. The Balaban J connectivity index is 1.65. The lowest BCUT2D eigenvalue weighted by Crippen LogP contribution is -2.51. The SMILES string of the molecule is C=CC(=O)N1C[C@H](c2cc(Cl)nc(-c3ccnc(C(=O)NC)c3)c2)OCC12CC2. The number of rotatable bonds is 4. The molecule has 0 radical (unpaired) electrons. The van der Waals surface area contributed by atoms with Gasteiger partial charge >= 0.3 is 0 Å². The van der Waals surface area contributed by atoms with Crippen LogP contribution in [0.5, 0.6) is 0 Å². The number of halogens is 1. The summed E-state index contributed by atoms with van der Waals surface area (Å²) >= 11 is 6.29. The third-order valence-electron chi connectivity index (χ3n) is 5.45. The van der Waals surface area contributed by atoms with Crippen molar-refractivity contribution in [3.63, 3.8) is 0 Å². The second-order valence-corrected chi connectivity index (χ2v) is 7.68. The summed E-state index contributed by atoms with van der Waals surface area (Å²) in [7, 11) is 1.55. The third kappa shape index (κ3) is 3.75. The number of carbonyl (C=O) groups is 2. The molecule has 29 heavy (non-hydrogen) atoms. The molecule has 4 rings (SSSR count). The van der Waals surface area contributed by atoms with Crippen LogP contribution in [0.4, 0.5) is 0 Å². The Morgan fingerprint density at radius 3 is 2.86 bits per heavy atom. The molecule has 2 fully saturated rings. The van der Waals surface area contributed by atoms with E-state index in [1.807, 2.05) is 11.0 Å². The maximum atomic E-state index is 12.4. The summed E-state index contributed by atoms with van der Waals surface area (Å²) in [6, 6.07) is 7.05. The van der Waals surface area contributed by atoms with Crippen molar-refractivity contribution in [2.24, 2.45) is 0 Å². The van der Waals surface area contributed by atoms with Gasteiger partial charge in [-0.25, -0.2) is 4.98 Å². The van der Waals surface area contributed by atoms with Crippen LogP contribution in [0.2, 0.25) is 5.15 Å². The second kappa shape index (κ2) is 7.57. The van der Waals surface area contributed by atoms with Crippen molar-refractivity contribution in [2.45, 2.75) is 24.5 Å². The third-order valence-corrected chi connectivity index (χ3v) is 5.64. The number of nitrogens with one attached hydrogen (secondary N) is 1. The molecular formula is C21H21ClN4O3. The molecule has 1 saturated heterocycles. The van der Waals surface area contributed by atoms with Gasteiger partial charge in [-0.15, -0.1) is 0 Å². The van der Waals surface area contributed by atoms with E-state index in [1.54, 1.807) is 31.4 Å². The van der Waals surface area contributed by atoms with E-state index in [-0.39, 0.29) is 23.5 Å². The topological polar surface area (TPSA) is 84.4 Å². The van der Waals surface area contributed by atoms with Crippen LogP contribution in [0.25, 0.3) is 11.3 Å². The van der Waals surface area contributed by atoms with Crippen LogP contribution in [0.1, 0.15) is 35.0 Å². The van der Waals surface area contributed by atoms with E-state index >= 15 is 0 Å². The highest BCUT2D eigenvalue weighted by atomic mass is 35.5. The molecule has 3 heterocycles. The molecule has 1 aliphatic heterocycles. The number of hydrogen-bond donors (Lipinski definition) is 1. The molecule has 2 aliphatic rings. The van der Waals surface area contributed by atoms with Gasteiger partial charge in [-0.05, 0) is 48.7 Å². The fraction of sp³-hybridized carbons (Fsp3) is 0.333. The maximum absolute atomic E-state index is 12.4. The Morgan fingerprint density at radius 2 is 2.17 bits per heavy atom. The normalized spacial score (nSPS) is 19.7. The van der Waals surface area contributed by atoms with E-state index < -0.39 is 0 Å². The predicted molar refractivity (Wildman–Crippen MR) is 108 cm³/mol. The Bertz CT molecular complexity index is 990. The molecule has 1 N–H and O–H groups in total. The van der Waals surface area contributed by atoms with Crippen molar-refractivity contribution in [3.8, 4) is 11.3 Å². The first kappa shape index (κ1) is 19.5. The number of amides is 2. The van der Waals surface area contributed by atoms with Crippen molar-refractivity contribution in [3.05, 3.63) is 59.5 Å². The van der Waals surface area contributed by atoms with Crippen molar-refractivity contribution < 1.29 is 14.3 Å². The summed E-state index contributed by atoms with van der Waals surface area (Å²) in [5, 5.41) is 2.87. The summed E-state index contributed by atoms with van der Waals surface area (Å²) in [5.41, 5.74) is 2.26. The van der Waals surface area contributed by atoms with Crippen LogP contribution in [-0.2, 0) is 9.53 Å². The lowest BCUT2D eigenvalue weighted by Gasteiger charge is -2.40. The minimum atomic E-state index is -0.315. The zero-order valence-corrected chi connectivity index (χ0v) is 16.8. The van der Waals surface area contributed by atoms with Crippen LogP contribution in [0, 0.1) is 0 Å².